The maximum atomic E-state index is 12.0. The summed E-state index contributed by atoms with van der Waals surface area (Å²) in [6, 6.07) is 10.8. The van der Waals surface area contributed by atoms with Gasteiger partial charge in [-0.25, -0.2) is 4.79 Å². The summed E-state index contributed by atoms with van der Waals surface area (Å²) in [4.78, 5) is 47.6. The second-order valence-electron chi connectivity index (χ2n) is 6.95. The zero-order chi connectivity index (χ0) is 24.2. The lowest BCUT2D eigenvalue weighted by Crippen LogP contribution is -2.21. The number of unbranched alkanes of at least 4 members (excludes halogenated alkanes) is 1. The molecule has 2 aromatic rings. The normalized spacial score (nSPS) is 10.3. The molecule has 2 aromatic carbocycles. The van der Waals surface area contributed by atoms with Crippen molar-refractivity contribution in [3.05, 3.63) is 58.1 Å². The van der Waals surface area contributed by atoms with Crippen LogP contribution in [0.25, 0.3) is 0 Å². The lowest BCUT2D eigenvalue weighted by atomic mass is 10.2. The molecule has 0 bridgehead atoms. The summed E-state index contributed by atoms with van der Waals surface area (Å²) in [5.74, 6) is -2.09. The second kappa shape index (κ2) is 13.4. The molecule has 0 aliphatic rings. The molecule has 0 saturated heterocycles. The van der Waals surface area contributed by atoms with E-state index in [0.717, 1.165) is 12.8 Å². The smallest absolute Gasteiger partial charge is 0.338 e. The van der Waals surface area contributed by atoms with Crippen molar-refractivity contribution in [3.8, 4) is 0 Å². The molecule has 33 heavy (non-hydrogen) atoms. The number of rotatable bonds is 11. The number of benzene rings is 2. The van der Waals surface area contributed by atoms with Gasteiger partial charge in [-0.2, -0.15) is 0 Å². The predicted octanol–water partition coefficient (Wildman–Crippen LogP) is 4.85. The van der Waals surface area contributed by atoms with Crippen LogP contribution in [-0.2, 0) is 23.9 Å². The van der Waals surface area contributed by atoms with Crippen LogP contribution < -0.4 is 10.6 Å². The van der Waals surface area contributed by atoms with Crippen LogP contribution >= 0.6 is 23.2 Å². The molecule has 176 valence electrons. The Balaban J connectivity index is 1.69. The number of esters is 2. The fourth-order valence-electron chi connectivity index (χ4n) is 2.51. The SMILES string of the molecule is CCCCOC(=O)c1ccc(NC(=O)CCC(=O)OCC(=O)Nc2ccc(Cl)c(Cl)c2)cc1. The van der Waals surface area contributed by atoms with E-state index in [0.29, 0.717) is 28.6 Å². The molecule has 0 aliphatic carbocycles. The molecule has 10 heteroatoms. The minimum absolute atomic E-state index is 0.131. The van der Waals surface area contributed by atoms with Crippen LogP contribution in [0.15, 0.2) is 42.5 Å². The topological polar surface area (TPSA) is 111 Å². The van der Waals surface area contributed by atoms with Crippen LogP contribution in [0.1, 0.15) is 43.0 Å². The number of halogens is 2. The third-order valence-corrected chi connectivity index (χ3v) is 5.00. The van der Waals surface area contributed by atoms with Gasteiger partial charge in [-0.1, -0.05) is 36.5 Å². The first-order valence-electron chi connectivity index (χ1n) is 10.3. The van der Waals surface area contributed by atoms with Crippen molar-refractivity contribution in [1.29, 1.82) is 0 Å². The van der Waals surface area contributed by atoms with Crippen LogP contribution in [0.3, 0.4) is 0 Å². The van der Waals surface area contributed by atoms with Crippen molar-refractivity contribution < 1.29 is 28.7 Å². The fourth-order valence-corrected chi connectivity index (χ4v) is 2.81. The standard InChI is InChI=1S/C23H24Cl2N2O6/c1-2-3-12-32-23(31)15-4-6-16(7-5-15)26-20(28)10-11-22(30)33-14-21(29)27-17-8-9-18(24)19(25)13-17/h4-9,13H,2-3,10-12,14H2,1H3,(H,26,28)(H,27,29). The maximum absolute atomic E-state index is 12.0. The van der Waals surface area contributed by atoms with Gasteiger partial charge in [0.15, 0.2) is 6.61 Å². The van der Waals surface area contributed by atoms with Crippen molar-refractivity contribution in [3.63, 3.8) is 0 Å². The molecule has 0 unspecified atom stereocenters. The Kier molecular flexibility index (Phi) is 10.7. The highest BCUT2D eigenvalue weighted by Crippen LogP contribution is 2.24. The second-order valence-corrected chi connectivity index (χ2v) is 7.77. The van der Waals surface area contributed by atoms with Gasteiger partial charge in [0.25, 0.3) is 5.91 Å². The number of hydrogen-bond acceptors (Lipinski definition) is 6. The zero-order valence-electron chi connectivity index (χ0n) is 18.0. The Morgan fingerprint density at radius 3 is 2.15 bits per heavy atom. The van der Waals surface area contributed by atoms with E-state index < -0.39 is 30.4 Å². The molecule has 8 nitrogen and oxygen atoms in total. The molecule has 0 aromatic heterocycles. The largest absolute Gasteiger partial charge is 0.462 e. The van der Waals surface area contributed by atoms with Gasteiger partial charge in [0.2, 0.25) is 5.91 Å². The molecule has 0 aliphatic heterocycles. The average Bonchev–Trinajstić information content (AvgIpc) is 2.79. The van der Waals surface area contributed by atoms with Crippen LogP contribution in [0.2, 0.25) is 10.0 Å². The van der Waals surface area contributed by atoms with E-state index in [1.807, 2.05) is 6.92 Å². The highest BCUT2D eigenvalue weighted by Gasteiger charge is 2.12. The van der Waals surface area contributed by atoms with Gasteiger partial charge in [0.05, 0.1) is 28.6 Å². The third kappa shape index (κ3) is 9.51. The third-order valence-electron chi connectivity index (χ3n) is 4.26. The first kappa shape index (κ1) is 26.2. The summed E-state index contributed by atoms with van der Waals surface area (Å²) in [5, 5.41) is 5.76. The van der Waals surface area contributed by atoms with E-state index in [-0.39, 0.29) is 17.9 Å². The first-order chi connectivity index (χ1) is 15.8. The van der Waals surface area contributed by atoms with E-state index >= 15 is 0 Å². The number of amides is 2. The Morgan fingerprint density at radius 1 is 0.818 bits per heavy atom. The number of nitrogens with one attached hydrogen (secondary N) is 2. The van der Waals surface area contributed by atoms with Gasteiger partial charge in [0, 0.05) is 17.8 Å². The molecule has 2 rings (SSSR count). The summed E-state index contributed by atoms with van der Waals surface area (Å²) in [6.07, 6.45) is 1.39. The van der Waals surface area contributed by atoms with E-state index in [1.165, 1.54) is 12.1 Å². The highest BCUT2D eigenvalue weighted by molar-refractivity contribution is 6.42. The molecular weight excluding hydrogens is 471 g/mol. The lowest BCUT2D eigenvalue weighted by molar-refractivity contribution is -0.147. The monoisotopic (exact) mass is 494 g/mol. The van der Waals surface area contributed by atoms with E-state index in [2.05, 4.69) is 10.6 Å². The number of carbonyl (C=O) groups excluding carboxylic acids is 4. The van der Waals surface area contributed by atoms with Crippen LogP contribution in [0.5, 0.6) is 0 Å². The summed E-state index contributed by atoms with van der Waals surface area (Å²) >= 11 is 11.7. The number of ether oxygens (including phenoxy) is 2. The quantitative estimate of drug-likeness (QED) is 0.341. The fraction of sp³-hybridized carbons (Fsp3) is 0.304. The van der Waals surface area contributed by atoms with Gasteiger partial charge in [-0.3, -0.25) is 14.4 Å². The van der Waals surface area contributed by atoms with Crippen molar-refractivity contribution in [2.45, 2.75) is 32.6 Å². The minimum atomic E-state index is -0.695. The van der Waals surface area contributed by atoms with Crippen LogP contribution in [0.4, 0.5) is 11.4 Å². The molecule has 0 saturated carbocycles. The molecule has 2 N–H and O–H groups in total. The summed E-state index contributed by atoms with van der Waals surface area (Å²) < 4.78 is 9.99. The zero-order valence-corrected chi connectivity index (χ0v) is 19.5. The van der Waals surface area contributed by atoms with Gasteiger partial charge in [0.1, 0.15) is 0 Å². The minimum Gasteiger partial charge on any atom is -0.462 e. The van der Waals surface area contributed by atoms with Crippen molar-refractivity contribution in [2.75, 3.05) is 23.8 Å². The van der Waals surface area contributed by atoms with Gasteiger partial charge < -0.3 is 20.1 Å². The molecule has 0 atom stereocenters. The van der Waals surface area contributed by atoms with E-state index in [1.54, 1.807) is 30.3 Å². The number of anilines is 2. The molecule has 0 heterocycles. The highest BCUT2D eigenvalue weighted by atomic mass is 35.5. The van der Waals surface area contributed by atoms with Crippen molar-refractivity contribution in [1.82, 2.24) is 0 Å². The molecule has 2 amide bonds. The van der Waals surface area contributed by atoms with Crippen LogP contribution in [-0.4, -0.2) is 37.0 Å². The van der Waals surface area contributed by atoms with Crippen LogP contribution in [0, 0.1) is 0 Å². The Hall–Kier alpha value is -3.10. The molecule has 0 fully saturated rings. The Bertz CT molecular complexity index is 995. The lowest BCUT2D eigenvalue weighted by Gasteiger charge is -2.08. The van der Waals surface area contributed by atoms with E-state index in [9.17, 15) is 19.2 Å². The maximum Gasteiger partial charge on any atom is 0.338 e. The van der Waals surface area contributed by atoms with Gasteiger partial charge >= 0.3 is 11.9 Å². The summed E-state index contributed by atoms with van der Waals surface area (Å²) in [7, 11) is 0. The average molecular weight is 495 g/mol. The van der Waals surface area contributed by atoms with Gasteiger partial charge in [-0.15, -0.1) is 0 Å². The molecular formula is C23H24Cl2N2O6. The molecule has 0 spiro atoms. The Morgan fingerprint density at radius 2 is 1.48 bits per heavy atom. The number of carbonyl (C=O) groups is 4. The first-order valence-corrected chi connectivity index (χ1v) is 11.0. The van der Waals surface area contributed by atoms with Crippen molar-refractivity contribution >= 4 is 58.3 Å². The summed E-state index contributed by atoms with van der Waals surface area (Å²) in [6.45, 7) is 1.86. The number of hydrogen-bond donors (Lipinski definition) is 2. The van der Waals surface area contributed by atoms with Crippen molar-refractivity contribution in [2.24, 2.45) is 0 Å². The predicted molar refractivity (Wildman–Crippen MR) is 126 cm³/mol. The summed E-state index contributed by atoms with van der Waals surface area (Å²) in [5.41, 5.74) is 1.26. The molecule has 0 radical (unpaired) electrons. The van der Waals surface area contributed by atoms with E-state index in [4.69, 9.17) is 32.7 Å². The van der Waals surface area contributed by atoms with Gasteiger partial charge in [-0.05, 0) is 48.9 Å². The Labute approximate surface area is 201 Å².